The average Bonchev–Trinajstić information content (AvgIpc) is 2.94. The van der Waals surface area contributed by atoms with Crippen LogP contribution >= 0.6 is 0 Å². The van der Waals surface area contributed by atoms with Gasteiger partial charge in [0.2, 0.25) is 0 Å². The molecule has 4 rings (SSSR count). The molecule has 0 fully saturated rings. The predicted molar refractivity (Wildman–Crippen MR) is 150 cm³/mol. The second kappa shape index (κ2) is 14.4. The molecule has 1 nitrogen and oxygen atoms in total. The van der Waals surface area contributed by atoms with Crippen molar-refractivity contribution in [2.75, 3.05) is 0 Å². The van der Waals surface area contributed by atoms with Crippen LogP contribution in [0.1, 0.15) is 65.1 Å². The van der Waals surface area contributed by atoms with E-state index in [1.165, 1.54) is 12.1 Å². The maximum Gasteiger partial charge on any atom is 0.432 e. The standard InChI is InChI=1S/C35H20F12O/c1-2-3-4-5-19-6-9-22(25(36)12-19)10-7-20-13-26(37)24(27(38)14-20)11-8-21-15-28(39)33(29(40)16-21)35(46,47)48-23-17-30(41)32(31(42)18-23)34(43,44)45/h6,9,12-18H,2-5H2,1H3. The molecule has 0 spiro atoms. The van der Waals surface area contributed by atoms with Crippen LogP contribution in [0, 0.1) is 64.4 Å². The Kier molecular flexibility index (Phi) is 10.7. The van der Waals surface area contributed by atoms with Crippen molar-refractivity contribution >= 4 is 0 Å². The quantitative estimate of drug-likeness (QED) is 0.107. The second-order valence-electron chi connectivity index (χ2n) is 10.3. The molecule has 48 heavy (non-hydrogen) atoms. The maximum atomic E-state index is 14.7. The van der Waals surface area contributed by atoms with Crippen LogP contribution in [0.15, 0.2) is 54.6 Å². The minimum Gasteiger partial charge on any atom is -0.429 e. The maximum absolute atomic E-state index is 14.7. The van der Waals surface area contributed by atoms with E-state index in [1.54, 1.807) is 6.07 Å². The molecule has 0 radical (unpaired) electrons. The summed E-state index contributed by atoms with van der Waals surface area (Å²) < 4.78 is 172. The van der Waals surface area contributed by atoms with Gasteiger partial charge in [-0.2, -0.15) is 22.0 Å². The Morgan fingerprint density at radius 1 is 0.562 bits per heavy atom. The molecule has 0 unspecified atom stereocenters. The zero-order valence-corrected chi connectivity index (χ0v) is 24.5. The minimum atomic E-state index is -5.52. The summed E-state index contributed by atoms with van der Waals surface area (Å²) in [6, 6.07) is 5.96. The van der Waals surface area contributed by atoms with Gasteiger partial charge >= 0.3 is 12.3 Å². The third-order valence-corrected chi connectivity index (χ3v) is 6.70. The number of hydrogen-bond donors (Lipinski definition) is 0. The van der Waals surface area contributed by atoms with Crippen LogP contribution in [0.4, 0.5) is 52.7 Å². The van der Waals surface area contributed by atoms with Crippen LogP contribution in [0.2, 0.25) is 0 Å². The van der Waals surface area contributed by atoms with E-state index in [4.69, 9.17) is 0 Å². The van der Waals surface area contributed by atoms with Gasteiger partial charge in [0, 0.05) is 23.3 Å². The Balaban J connectivity index is 1.55. The number of unbranched alkanes of at least 4 members (excludes halogenated alkanes) is 2. The zero-order chi connectivity index (χ0) is 35.4. The number of rotatable bonds is 7. The van der Waals surface area contributed by atoms with E-state index in [9.17, 15) is 52.7 Å². The molecule has 250 valence electrons. The summed E-state index contributed by atoms with van der Waals surface area (Å²) in [5, 5.41) is 0. The second-order valence-corrected chi connectivity index (χ2v) is 10.3. The number of halogens is 12. The highest BCUT2D eigenvalue weighted by atomic mass is 19.4. The number of aryl methyl sites for hydroxylation is 1. The highest BCUT2D eigenvalue weighted by Gasteiger charge is 2.43. The molecule has 0 N–H and O–H groups in total. The van der Waals surface area contributed by atoms with Gasteiger partial charge < -0.3 is 4.74 Å². The van der Waals surface area contributed by atoms with Crippen molar-refractivity contribution in [2.24, 2.45) is 0 Å². The molecule has 0 amide bonds. The summed E-state index contributed by atoms with van der Waals surface area (Å²) in [7, 11) is 0. The first-order chi connectivity index (χ1) is 22.5. The van der Waals surface area contributed by atoms with Gasteiger partial charge in [0.15, 0.2) is 0 Å². The Morgan fingerprint density at radius 2 is 1.08 bits per heavy atom. The molecule has 0 aromatic heterocycles. The molecule has 0 aliphatic rings. The summed E-state index contributed by atoms with van der Waals surface area (Å²) >= 11 is 0. The van der Waals surface area contributed by atoms with Crippen LogP contribution < -0.4 is 4.74 Å². The molecular formula is C35H20F12O. The topological polar surface area (TPSA) is 9.23 Å². The molecule has 4 aromatic rings. The fourth-order valence-corrected chi connectivity index (χ4v) is 4.44. The molecule has 13 heteroatoms. The van der Waals surface area contributed by atoms with Gasteiger partial charge in [-0.25, -0.2) is 30.7 Å². The summed E-state index contributed by atoms with van der Waals surface area (Å²) in [4.78, 5) is 0. The van der Waals surface area contributed by atoms with Gasteiger partial charge in [0.25, 0.3) is 0 Å². The van der Waals surface area contributed by atoms with E-state index >= 15 is 0 Å². The summed E-state index contributed by atoms with van der Waals surface area (Å²) in [6.45, 7) is 2.03. The smallest absolute Gasteiger partial charge is 0.429 e. The van der Waals surface area contributed by atoms with Gasteiger partial charge in [-0.15, -0.1) is 0 Å². The molecule has 0 bridgehead atoms. The first-order valence-electron chi connectivity index (χ1n) is 13.9. The lowest BCUT2D eigenvalue weighted by Gasteiger charge is -2.20. The van der Waals surface area contributed by atoms with Gasteiger partial charge in [-0.1, -0.05) is 49.5 Å². The van der Waals surface area contributed by atoms with E-state index in [0.29, 0.717) is 6.42 Å². The van der Waals surface area contributed by atoms with E-state index in [-0.39, 0.29) is 35.4 Å². The SMILES string of the molecule is CCCCCc1ccc(C#Cc2cc(F)c(C#Cc3cc(F)c(C(F)(F)Oc4cc(F)c(C(F)(F)F)c(F)c4)c(F)c3)c(F)c2)c(F)c1. The first kappa shape index (κ1) is 35.8. The predicted octanol–water partition coefficient (Wildman–Crippen LogP) is 10.3. The van der Waals surface area contributed by atoms with Crippen molar-refractivity contribution < 1.29 is 57.4 Å². The Labute approximate surface area is 266 Å². The van der Waals surface area contributed by atoms with Gasteiger partial charge in [-0.05, 0) is 54.8 Å². The molecule has 0 atom stereocenters. The van der Waals surface area contributed by atoms with E-state index in [1.807, 2.05) is 18.8 Å². The van der Waals surface area contributed by atoms with Gasteiger partial charge in [0.05, 0.1) is 11.1 Å². The number of benzene rings is 4. The zero-order valence-electron chi connectivity index (χ0n) is 24.5. The van der Waals surface area contributed by atoms with Crippen LogP contribution in [-0.4, -0.2) is 0 Å². The highest BCUT2D eigenvalue weighted by molar-refractivity contribution is 5.50. The third kappa shape index (κ3) is 8.45. The number of alkyl halides is 5. The molecule has 0 heterocycles. The van der Waals surface area contributed by atoms with Crippen molar-refractivity contribution in [2.45, 2.75) is 44.9 Å². The summed E-state index contributed by atoms with van der Waals surface area (Å²) in [6.07, 6.45) is -6.98. The average molecular weight is 685 g/mol. The molecule has 0 aliphatic carbocycles. The number of ether oxygens (including phenoxy) is 1. The largest absolute Gasteiger partial charge is 0.432 e. The van der Waals surface area contributed by atoms with Crippen molar-refractivity contribution in [3.63, 3.8) is 0 Å². The van der Waals surface area contributed by atoms with Crippen LogP contribution in [0.25, 0.3) is 0 Å². The van der Waals surface area contributed by atoms with Crippen LogP contribution in [0.3, 0.4) is 0 Å². The Hall–Kier alpha value is -5.04. The summed E-state index contributed by atoms with van der Waals surface area (Å²) in [5.74, 6) is -4.44. The van der Waals surface area contributed by atoms with Crippen molar-refractivity contribution in [1.29, 1.82) is 0 Å². The van der Waals surface area contributed by atoms with Crippen molar-refractivity contribution in [3.05, 3.63) is 134 Å². The van der Waals surface area contributed by atoms with E-state index in [0.717, 1.165) is 37.0 Å². The lowest BCUT2D eigenvalue weighted by atomic mass is 10.0. The molecule has 0 saturated heterocycles. The van der Waals surface area contributed by atoms with Crippen molar-refractivity contribution in [3.8, 4) is 29.4 Å². The third-order valence-electron chi connectivity index (χ3n) is 6.70. The molecule has 4 aromatic carbocycles. The van der Waals surface area contributed by atoms with Gasteiger partial charge in [0.1, 0.15) is 57.6 Å². The fourth-order valence-electron chi connectivity index (χ4n) is 4.44. The van der Waals surface area contributed by atoms with E-state index < -0.39 is 81.0 Å². The molecule has 0 saturated carbocycles. The van der Waals surface area contributed by atoms with Crippen LogP contribution in [0.5, 0.6) is 5.75 Å². The lowest BCUT2D eigenvalue weighted by molar-refractivity contribution is -0.189. The lowest BCUT2D eigenvalue weighted by Crippen LogP contribution is -2.25. The summed E-state index contributed by atoms with van der Waals surface area (Å²) in [5.41, 5.74) is -5.51. The highest BCUT2D eigenvalue weighted by Crippen LogP contribution is 2.39. The molecular weight excluding hydrogens is 664 g/mol. The van der Waals surface area contributed by atoms with Crippen LogP contribution in [-0.2, 0) is 18.7 Å². The number of hydrogen-bond acceptors (Lipinski definition) is 1. The van der Waals surface area contributed by atoms with E-state index in [2.05, 4.69) is 16.6 Å². The first-order valence-corrected chi connectivity index (χ1v) is 13.9. The molecule has 0 aliphatic heterocycles. The normalized spacial score (nSPS) is 11.4. The Morgan fingerprint density at radius 3 is 1.60 bits per heavy atom. The Bertz CT molecular complexity index is 1900. The van der Waals surface area contributed by atoms with Gasteiger partial charge in [-0.3, -0.25) is 0 Å². The minimum absolute atomic E-state index is 0.0129. The fraction of sp³-hybridized carbons (Fsp3) is 0.200. The monoisotopic (exact) mass is 684 g/mol. The van der Waals surface area contributed by atoms with Crippen molar-refractivity contribution in [1.82, 2.24) is 0 Å².